The summed E-state index contributed by atoms with van der Waals surface area (Å²) in [5.41, 5.74) is 0.787. The van der Waals surface area contributed by atoms with Gasteiger partial charge in [0.05, 0.1) is 5.25 Å². The Bertz CT molecular complexity index is 405. The quantitative estimate of drug-likeness (QED) is 0.778. The molecular formula is C13H20N2OS2. The van der Waals surface area contributed by atoms with Crippen LogP contribution in [0.1, 0.15) is 37.2 Å². The minimum absolute atomic E-state index is 0.112. The van der Waals surface area contributed by atoms with E-state index in [-0.39, 0.29) is 11.0 Å². The summed E-state index contributed by atoms with van der Waals surface area (Å²) in [4.78, 5) is 12.6. The highest BCUT2D eigenvalue weighted by Crippen LogP contribution is 2.35. The van der Waals surface area contributed by atoms with Gasteiger partial charge in [-0.25, -0.2) is 0 Å². The number of hydrogen-bond donors (Lipinski definition) is 0. The maximum atomic E-state index is 12.6. The van der Waals surface area contributed by atoms with Crippen molar-refractivity contribution in [3.05, 3.63) is 18.0 Å². The summed E-state index contributed by atoms with van der Waals surface area (Å²) < 4.78 is 1.86. The molecule has 0 bridgehead atoms. The molecule has 2 heterocycles. The van der Waals surface area contributed by atoms with E-state index in [0.29, 0.717) is 5.25 Å². The summed E-state index contributed by atoms with van der Waals surface area (Å²) in [7, 11) is 0. The first kappa shape index (κ1) is 14.0. The maximum absolute atomic E-state index is 12.6. The Hall–Kier alpha value is -0.420. The molecule has 1 aliphatic heterocycles. The second kappa shape index (κ2) is 6.66. The molecule has 2 atom stereocenters. The van der Waals surface area contributed by atoms with E-state index < -0.39 is 0 Å². The van der Waals surface area contributed by atoms with Gasteiger partial charge >= 0.3 is 0 Å². The molecule has 5 heteroatoms. The van der Waals surface area contributed by atoms with Gasteiger partial charge in [-0.05, 0) is 18.9 Å². The molecule has 0 aliphatic carbocycles. The zero-order valence-electron chi connectivity index (χ0n) is 11.0. The Kier molecular flexibility index (Phi) is 5.18. The normalized spacial score (nSPS) is 24.1. The second-order valence-corrected chi connectivity index (χ2v) is 7.01. The minimum atomic E-state index is 0.112. The molecule has 0 N–H and O–H groups in total. The molecule has 18 heavy (non-hydrogen) atoms. The van der Waals surface area contributed by atoms with Crippen LogP contribution in [0.4, 0.5) is 0 Å². The van der Waals surface area contributed by atoms with E-state index in [9.17, 15) is 4.79 Å². The van der Waals surface area contributed by atoms with E-state index in [1.807, 2.05) is 34.3 Å². The second-order valence-electron chi connectivity index (χ2n) is 4.41. The molecule has 3 nitrogen and oxygen atoms in total. The smallest absolute Gasteiger partial charge is 0.194 e. The first-order valence-corrected chi connectivity index (χ1v) is 8.66. The summed E-state index contributed by atoms with van der Waals surface area (Å²) in [5.74, 6) is 2.52. The zero-order chi connectivity index (χ0) is 13.0. The van der Waals surface area contributed by atoms with E-state index in [0.717, 1.165) is 30.8 Å². The third-order valence-electron chi connectivity index (χ3n) is 3.12. The van der Waals surface area contributed by atoms with Crippen molar-refractivity contribution in [2.24, 2.45) is 0 Å². The fraction of sp³-hybridized carbons (Fsp3) is 0.692. The van der Waals surface area contributed by atoms with E-state index in [1.165, 1.54) is 5.75 Å². The fourth-order valence-corrected chi connectivity index (χ4v) is 5.23. The van der Waals surface area contributed by atoms with Gasteiger partial charge in [0.15, 0.2) is 5.78 Å². The lowest BCUT2D eigenvalue weighted by molar-refractivity contribution is 0.0977. The molecule has 0 spiro atoms. The van der Waals surface area contributed by atoms with Crippen molar-refractivity contribution in [3.8, 4) is 0 Å². The number of aromatic nitrogens is 2. The average Bonchev–Trinajstić information content (AvgIpc) is 2.86. The Morgan fingerprint density at radius 3 is 2.94 bits per heavy atom. The van der Waals surface area contributed by atoms with Crippen LogP contribution in [0, 0.1) is 0 Å². The molecular weight excluding hydrogens is 264 g/mol. The highest BCUT2D eigenvalue weighted by Gasteiger charge is 2.32. The number of hydrogen-bond acceptors (Lipinski definition) is 4. The predicted octanol–water partition coefficient (Wildman–Crippen LogP) is 3.10. The minimum Gasteiger partial charge on any atom is -0.291 e. The highest BCUT2D eigenvalue weighted by atomic mass is 32.2. The summed E-state index contributed by atoms with van der Waals surface area (Å²) in [6.45, 7) is 5.11. The van der Waals surface area contributed by atoms with Gasteiger partial charge in [0.2, 0.25) is 0 Å². The van der Waals surface area contributed by atoms with E-state index >= 15 is 0 Å². The van der Waals surface area contributed by atoms with Crippen LogP contribution in [0.3, 0.4) is 0 Å². The summed E-state index contributed by atoms with van der Waals surface area (Å²) in [6, 6.07) is 1.87. The Balaban J connectivity index is 2.16. The molecule has 0 radical (unpaired) electrons. The number of nitrogens with zero attached hydrogens (tertiary/aromatic N) is 2. The van der Waals surface area contributed by atoms with E-state index in [4.69, 9.17) is 0 Å². The molecule has 2 rings (SSSR count). The van der Waals surface area contributed by atoms with Crippen molar-refractivity contribution < 1.29 is 4.79 Å². The molecule has 1 aliphatic rings. The third-order valence-corrected chi connectivity index (χ3v) is 6.36. The summed E-state index contributed by atoms with van der Waals surface area (Å²) in [5, 5.41) is 4.82. The van der Waals surface area contributed by atoms with Crippen molar-refractivity contribution in [2.75, 3.05) is 11.5 Å². The third kappa shape index (κ3) is 2.94. The van der Waals surface area contributed by atoms with E-state index in [1.54, 1.807) is 6.20 Å². The van der Waals surface area contributed by atoms with Gasteiger partial charge in [-0.3, -0.25) is 9.48 Å². The first-order valence-electron chi connectivity index (χ1n) is 6.57. The highest BCUT2D eigenvalue weighted by molar-refractivity contribution is 8.07. The molecule has 0 saturated carbocycles. The summed E-state index contributed by atoms with van der Waals surface area (Å²) in [6.07, 6.45) is 3.81. The van der Waals surface area contributed by atoms with Gasteiger partial charge in [-0.1, -0.05) is 13.8 Å². The van der Waals surface area contributed by atoms with Crippen molar-refractivity contribution in [1.82, 2.24) is 9.78 Å². The molecule has 1 saturated heterocycles. The number of aryl methyl sites for hydroxylation is 1. The van der Waals surface area contributed by atoms with Gasteiger partial charge in [0.1, 0.15) is 5.69 Å². The van der Waals surface area contributed by atoms with Crippen LogP contribution in [-0.4, -0.2) is 37.6 Å². The molecule has 2 unspecified atom stereocenters. The van der Waals surface area contributed by atoms with Crippen molar-refractivity contribution in [1.29, 1.82) is 0 Å². The number of rotatable bonds is 5. The Morgan fingerprint density at radius 2 is 2.22 bits per heavy atom. The van der Waals surface area contributed by atoms with Crippen LogP contribution in [0.15, 0.2) is 12.3 Å². The number of ketones is 1. The molecule has 0 aromatic carbocycles. The van der Waals surface area contributed by atoms with Crippen molar-refractivity contribution in [3.63, 3.8) is 0 Å². The van der Waals surface area contributed by atoms with Crippen LogP contribution in [0.2, 0.25) is 0 Å². The monoisotopic (exact) mass is 284 g/mol. The lowest BCUT2D eigenvalue weighted by Crippen LogP contribution is -2.34. The molecule has 1 fully saturated rings. The van der Waals surface area contributed by atoms with Gasteiger partial charge in [-0.15, -0.1) is 11.8 Å². The van der Waals surface area contributed by atoms with Crippen LogP contribution in [-0.2, 0) is 6.54 Å². The van der Waals surface area contributed by atoms with Gasteiger partial charge < -0.3 is 0 Å². The maximum Gasteiger partial charge on any atom is 0.194 e. The zero-order valence-corrected chi connectivity index (χ0v) is 12.6. The largest absolute Gasteiger partial charge is 0.291 e. The Labute approximate surface area is 117 Å². The lowest BCUT2D eigenvalue weighted by atomic mass is 10.1. The lowest BCUT2D eigenvalue weighted by Gasteiger charge is -2.28. The number of carbonyl (C=O) groups excluding carboxylic acids is 1. The van der Waals surface area contributed by atoms with Crippen LogP contribution < -0.4 is 0 Å². The SMILES string of the molecule is CCCn1nccc1C(=O)C1SCCSC1CC. The van der Waals surface area contributed by atoms with Crippen molar-refractivity contribution >= 4 is 29.3 Å². The van der Waals surface area contributed by atoms with Gasteiger partial charge in [0, 0.05) is 29.5 Å². The predicted molar refractivity (Wildman–Crippen MR) is 79.6 cm³/mol. The fourth-order valence-electron chi connectivity index (χ4n) is 2.22. The molecule has 1 aromatic rings. The number of thioether (sulfide) groups is 2. The summed E-state index contributed by atoms with van der Waals surface area (Å²) >= 11 is 3.76. The van der Waals surface area contributed by atoms with Crippen LogP contribution in [0.5, 0.6) is 0 Å². The van der Waals surface area contributed by atoms with Crippen molar-refractivity contribution in [2.45, 2.75) is 43.7 Å². The Morgan fingerprint density at radius 1 is 1.44 bits per heavy atom. The average molecular weight is 284 g/mol. The van der Waals surface area contributed by atoms with Gasteiger partial charge in [0.25, 0.3) is 0 Å². The first-order chi connectivity index (χ1) is 8.77. The molecule has 1 aromatic heterocycles. The standard InChI is InChI=1S/C13H20N2OS2/c1-3-7-15-10(5-6-14-15)12(16)13-11(4-2)17-8-9-18-13/h5-6,11,13H,3-4,7-9H2,1-2H3. The van der Waals surface area contributed by atoms with E-state index in [2.05, 4.69) is 18.9 Å². The number of Topliss-reactive ketones (excluding diaryl/α,β-unsaturated/α-hetero) is 1. The molecule has 0 amide bonds. The molecule has 100 valence electrons. The number of carbonyl (C=O) groups is 1. The van der Waals surface area contributed by atoms with Crippen LogP contribution in [0.25, 0.3) is 0 Å². The van der Waals surface area contributed by atoms with Gasteiger partial charge in [-0.2, -0.15) is 16.9 Å². The topological polar surface area (TPSA) is 34.9 Å². The van der Waals surface area contributed by atoms with Crippen LogP contribution >= 0.6 is 23.5 Å².